The predicted molar refractivity (Wildman–Crippen MR) is 87.5 cm³/mol. The van der Waals surface area contributed by atoms with Gasteiger partial charge >= 0.3 is 0 Å². The van der Waals surface area contributed by atoms with Gasteiger partial charge < -0.3 is 5.32 Å². The number of hydrogen-bond donors (Lipinski definition) is 1. The topological polar surface area (TPSA) is 46.2 Å². The summed E-state index contributed by atoms with van der Waals surface area (Å²) in [6, 6.07) is 19.0. The smallest absolute Gasteiger partial charge is 0.220 e. The van der Waals surface area contributed by atoms with Gasteiger partial charge in [-0.1, -0.05) is 67.6 Å². The maximum absolute atomic E-state index is 12.1. The molecular weight excluding hydrogens is 274 g/mol. The first kappa shape index (κ1) is 16.0. The van der Waals surface area contributed by atoms with Gasteiger partial charge in [-0.25, -0.2) is 0 Å². The number of carbonyl (C=O) groups excluding carboxylic acids is 2. The van der Waals surface area contributed by atoms with Crippen LogP contribution in [-0.2, 0) is 11.3 Å². The quantitative estimate of drug-likeness (QED) is 0.793. The van der Waals surface area contributed by atoms with Crippen LogP contribution in [0, 0.1) is 5.92 Å². The Morgan fingerprint density at radius 2 is 1.50 bits per heavy atom. The van der Waals surface area contributed by atoms with Gasteiger partial charge in [0.2, 0.25) is 5.91 Å². The molecule has 3 heteroatoms. The third-order valence-corrected chi connectivity index (χ3v) is 3.50. The third-order valence-electron chi connectivity index (χ3n) is 3.50. The number of Topliss-reactive ketones (excluding diaryl/α,β-unsaturated/α-hetero) is 1. The number of rotatable bonds is 7. The summed E-state index contributed by atoms with van der Waals surface area (Å²) in [5.74, 6) is 0.102. The molecule has 0 heterocycles. The first-order valence-electron chi connectivity index (χ1n) is 7.54. The molecule has 114 valence electrons. The molecule has 0 aromatic heterocycles. The predicted octanol–water partition coefficient (Wildman–Crippen LogP) is 3.60. The van der Waals surface area contributed by atoms with E-state index in [9.17, 15) is 9.59 Å². The largest absolute Gasteiger partial charge is 0.352 e. The zero-order valence-electron chi connectivity index (χ0n) is 12.8. The van der Waals surface area contributed by atoms with Gasteiger partial charge in [0.05, 0.1) is 0 Å². The van der Waals surface area contributed by atoms with Gasteiger partial charge in [-0.15, -0.1) is 0 Å². The Labute approximate surface area is 131 Å². The fourth-order valence-electron chi connectivity index (χ4n) is 2.32. The molecule has 0 fully saturated rings. The van der Waals surface area contributed by atoms with E-state index in [-0.39, 0.29) is 17.6 Å². The second-order valence-corrected chi connectivity index (χ2v) is 5.56. The van der Waals surface area contributed by atoms with E-state index in [1.54, 1.807) is 0 Å². The van der Waals surface area contributed by atoms with Crippen molar-refractivity contribution in [3.05, 3.63) is 71.8 Å². The van der Waals surface area contributed by atoms with Crippen LogP contribution in [0.2, 0.25) is 0 Å². The summed E-state index contributed by atoms with van der Waals surface area (Å²) in [5, 5.41) is 2.89. The molecule has 0 bridgehead atoms. The molecule has 1 amide bonds. The van der Waals surface area contributed by atoms with Gasteiger partial charge in [-0.3, -0.25) is 9.59 Å². The van der Waals surface area contributed by atoms with Crippen molar-refractivity contribution in [1.29, 1.82) is 0 Å². The number of benzene rings is 2. The average Bonchev–Trinajstić information content (AvgIpc) is 2.54. The van der Waals surface area contributed by atoms with Gasteiger partial charge in [-0.05, 0) is 11.5 Å². The van der Waals surface area contributed by atoms with Gasteiger partial charge in [0.15, 0.2) is 5.78 Å². The highest BCUT2D eigenvalue weighted by atomic mass is 16.1. The molecule has 3 nitrogen and oxygen atoms in total. The van der Waals surface area contributed by atoms with E-state index in [1.807, 2.05) is 67.6 Å². The monoisotopic (exact) mass is 295 g/mol. The Hall–Kier alpha value is -2.42. The zero-order chi connectivity index (χ0) is 15.8. The molecule has 0 radical (unpaired) electrons. The van der Waals surface area contributed by atoms with Crippen LogP contribution in [0.1, 0.15) is 35.7 Å². The summed E-state index contributed by atoms with van der Waals surface area (Å²) in [4.78, 5) is 24.0. The third kappa shape index (κ3) is 5.17. The van der Waals surface area contributed by atoms with Gasteiger partial charge in [0.25, 0.3) is 0 Å². The SMILES string of the molecule is C[C@@H](CC(=O)NCc1ccccc1)CC(=O)c1ccccc1. The number of amides is 1. The van der Waals surface area contributed by atoms with Crippen molar-refractivity contribution < 1.29 is 9.59 Å². The van der Waals surface area contributed by atoms with Crippen molar-refractivity contribution in [1.82, 2.24) is 5.32 Å². The Kier molecular flexibility index (Phi) is 5.90. The van der Waals surface area contributed by atoms with Crippen LogP contribution in [0.25, 0.3) is 0 Å². The molecule has 0 aliphatic carbocycles. The zero-order valence-corrected chi connectivity index (χ0v) is 12.8. The van der Waals surface area contributed by atoms with Crippen molar-refractivity contribution in [3.63, 3.8) is 0 Å². The molecule has 1 atom stereocenters. The number of carbonyl (C=O) groups is 2. The second kappa shape index (κ2) is 8.13. The summed E-state index contributed by atoms with van der Waals surface area (Å²) in [6.45, 7) is 2.46. The lowest BCUT2D eigenvalue weighted by atomic mass is 9.97. The Morgan fingerprint density at radius 3 is 2.14 bits per heavy atom. The molecule has 0 unspecified atom stereocenters. The van der Waals surface area contributed by atoms with E-state index in [1.165, 1.54) is 0 Å². The first-order chi connectivity index (χ1) is 10.6. The number of ketones is 1. The van der Waals surface area contributed by atoms with Gasteiger partial charge in [0, 0.05) is 24.9 Å². The summed E-state index contributed by atoms with van der Waals surface area (Å²) in [5.41, 5.74) is 1.78. The van der Waals surface area contributed by atoms with E-state index in [0.717, 1.165) is 5.56 Å². The fraction of sp³-hybridized carbons (Fsp3) is 0.263. The van der Waals surface area contributed by atoms with Crippen LogP contribution in [0.5, 0.6) is 0 Å². The lowest BCUT2D eigenvalue weighted by molar-refractivity contribution is -0.122. The normalized spacial score (nSPS) is 11.7. The number of hydrogen-bond acceptors (Lipinski definition) is 2. The van der Waals surface area contributed by atoms with Crippen LogP contribution in [0.4, 0.5) is 0 Å². The molecule has 22 heavy (non-hydrogen) atoms. The standard InChI is InChI=1S/C19H21NO2/c1-15(12-18(21)17-10-6-3-7-11-17)13-19(22)20-14-16-8-4-2-5-9-16/h2-11,15H,12-14H2,1H3,(H,20,22)/t15-/m1/s1. The Balaban J connectivity index is 1.75. The molecule has 2 aromatic rings. The van der Waals surface area contributed by atoms with Gasteiger partial charge in [0.1, 0.15) is 0 Å². The minimum atomic E-state index is -0.0165. The average molecular weight is 295 g/mol. The summed E-state index contributed by atoms with van der Waals surface area (Å²) >= 11 is 0. The highest BCUT2D eigenvalue weighted by Crippen LogP contribution is 2.13. The van der Waals surface area contributed by atoms with Crippen molar-refractivity contribution in [2.75, 3.05) is 0 Å². The van der Waals surface area contributed by atoms with Crippen molar-refractivity contribution >= 4 is 11.7 Å². The number of nitrogens with one attached hydrogen (secondary N) is 1. The highest BCUT2D eigenvalue weighted by Gasteiger charge is 2.14. The fourth-order valence-corrected chi connectivity index (χ4v) is 2.32. The van der Waals surface area contributed by atoms with Crippen LogP contribution in [0.3, 0.4) is 0 Å². The molecule has 0 spiro atoms. The molecule has 0 saturated heterocycles. The van der Waals surface area contributed by atoms with Crippen LogP contribution >= 0.6 is 0 Å². The minimum absolute atomic E-state index is 0.0165. The molecule has 0 saturated carbocycles. The molecule has 2 aromatic carbocycles. The Morgan fingerprint density at radius 1 is 0.909 bits per heavy atom. The van der Waals surface area contributed by atoms with Gasteiger partial charge in [-0.2, -0.15) is 0 Å². The van der Waals surface area contributed by atoms with Crippen LogP contribution < -0.4 is 5.32 Å². The van der Waals surface area contributed by atoms with Crippen LogP contribution in [0.15, 0.2) is 60.7 Å². The van der Waals surface area contributed by atoms with E-state index in [0.29, 0.717) is 24.9 Å². The molecule has 0 aliphatic heterocycles. The molecular formula is C19H21NO2. The van der Waals surface area contributed by atoms with E-state index < -0.39 is 0 Å². The van der Waals surface area contributed by atoms with Crippen molar-refractivity contribution in [2.45, 2.75) is 26.3 Å². The first-order valence-corrected chi connectivity index (χ1v) is 7.54. The van der Waals surface area contributed by atoms with Crippen molar-refractivity contribution in [2.24, 2.45) is 5.92 Å². The van der Waals surface area contributed by atoms with E-state index >= 15 is 0 Å². The van der Waals surface area contributed by atoms with E-state index in [2.05, 4.69) is 5.32 Å². The maximum Gasteiger partial charge on any atom is 0.220 e. The van der Waals surface area contributed by atoms with Crippen LogP contribution in [-0.4, -0.2) is 11.7 Å². The molecule has 0 aliphatic rings. The van der Waals surface area contributed by atoms with Crippen molar-refractivity contribution in [3.8, 4) is 0 Å². The van der Waals surface area contributed by atoms with E-state index in [4.69, 9.17) is 0 Å². The highest BCUT2D eigenvalue weighted by molar-refractivity contribution is 5.96. The lowest BCUT2D eigenvalue weighted by Crippen LogP contribution is -2.25. The molecule has 1 N–H and O–H groups in total. The second-order valence-electron chi connectivity index (χ2n) is 5.56. The summed E-state index contributed by atoms with van der Waals surface area (Å²) in [6.07, 6.45) is 0.758. The Bertz CT molecular complexity index is 608. The minimum Gasteiger partial charge on any atom is -0.352 e. The lowest BCUT2D eigenvalue weighted by Gasteiger charge is -2.11. The molecule has 2 rings (SSSR count). The summed E-state index contributed by atoms with van der Waals surface area (Å²) < 4.78 is 0. The summed E-state index contributed by atoms with van der Waals surface area (Å²) in [7, 11) is 0. The maximum atomic E-state index is 12.1.